The molecular weight excluding hydrogens is 791 g/mol. The third kappa shape index (κ3) is 8.23. The molecule has 3 aliphatic heterocycles. The molecule has 2 fully saturated rings. The van der Waals surface area contributed by atoms with Gasteiger partial charge in [-0.15, -0.1) is 0 Å². The van der Waals surface area contributed by atoms with Crippen molar-refractivity contribution in [3.05, 3.63) is 88.8 Å². The molecule has 3 aliphatic rings. The van der Waals surface area contributed by atoms with Gasteiger partial charge in [-0.3, -0.25) is 43.6 Å². The zero-order valence-electron chi connectivity index (χ0n) is 30.9. The molecule has 7 rings (SSSR count). The van der Waals surface area contributed by atoms with Gasteiger partial charge in [0, 0.05) is 76.2 Å². The van der Waals surface area contributed by atoms with Gasteiger partial charge < -0.3 is 15.5 Å². The molecule has 0 aliphatic carbocycles. The number of piperazine rings is 1. The number of sulfonamides is 1. The fourth-order valence-corrected chi connectivity index (χ4v) is 7.32. The van der Waals surface area contributed by atoms with E-state index < -0.39 is 68.6 Å². The molecule has 2 aromatic carbocycles. The average molecular weight is 826 g/mol. The van der Waals surface area contributed by atoms with E-state index >= 15 is 4.39 Å². The van der Waals surface area contributed by atoms with Crippen molar-refractivity contribution in [3.8, 4) is 0 Å². The highest BCUT2D eigenvalue weighted by molar-refractivity contribution is 7.92. The standard InChI is InChI=1S/C36H35F4N11O6S/c1-48(58(2,56)57)31-26(41-9-10-42-31)18-43-30-24(36(38,39)40)17-44-35(47-30)45-21-3-5-22(6-4-21)50-13-11-49(12-14-50)19-20-15-23-29(25(37)16-20)34(55)51(33(23)54)27-7-8-28(52)46-32(27)53/h3-6,9-10,15-17,27H,7-8,11-14,18-19H2,1-2H3,(H,46,52,53)(H2,43,44,45,47). The third-order valence-electron chi connectivity index (χ3n) is 9.89. The minimum atomic E-state index is -4.81. The van der Waals surface area contributed by atoms with Gasteiger partial charge in [0.1, 0.15) is 28.9 Å². The first-order chi connectivity index (χ1) is 27.5. The number of nitrogens with zero attached hydrogens (tertiary/aromatic N) is 8. The number of carbonyl (C=O) groups excluding carboxylic acids is 4. The van der Waals surface area contributed by atoms with Crippen molar-refractivity contribution < 1.29 is 45.2 Å². The summed E-state index contributed by atoms with van der Waals surface area (Å²) in [7, 11) is -2.48. The van der Waals surface area contributed by atoms with Crippen LogP contribution in [0.2, 0.25) is 0 Å². The Balaban J connectivity index is 0.969. The maximum absolute atomic E-state index is 15.3. The number of nitrogens with one attached hydrogen (secondary N) is 3. The molecule has 2 saturated heterocycles. The highest BCUT2D eigenvalue weighted by Gasteiger charge is 2.46. The van der Waals surface area contributed by atoms with E-state index in [1.54, 1.807) is 12.1 Å². The van der Waals surface area contributed by atoms with Crippen molar-refractivity contribution in [1.29, 1.82) is 0 Å². The number of hydrogen-bond donors (Lipinski definition) is 3. The highest BCUT2D eigenvalue weighted by Crippen LogP contribution is 2.35. The summed E-state index contributed by atoms with van der Waals surface area (Å²) >= 11 is 0. The van der Waals surface area contributed by atoms with E-state index in [9.17, 15) is 40.8 Å². The number of alkyl halides is 3. The maximum Gasteiger partial charge on any atom is 0.421 e. The molecule has 0 spiro atoms. The number of rotatable bonds is 11. The molecule has 0 radical (unpaired) electrons. The fraction of sp³-hybridized carbons (Fsp3) is 0.333. The molecular formula is C36H35F4N11O6S. The molecule has 3 N–H and O–H groups in total. The van der Waals surface area contributed by atoms with E-state index in [1.807, 2.05) is 12.1 Å². The molecule has 304 valence electrons. The number of carbonyl (C=O) groups is 4. The summed E-state index contributed by atoms with van der Waals surface area (Å²) in [5.41, 5.74) is 0.241. The van der Waals surface area contributed by atoms with Crippen LogP contribution in [0.25, 0.3) is 0 Å². The summed E-state index contributed by atoms with van der Waals surface area (Å²) in [6, 6.07) is 8.55. The molecule has 2 aromatic heterocycles. The van der Waals surface area contributed by atoms with Crippen LogP contribution in [0.5, 0.6) is 0 Å². The van der Waals surface area contributed by atoms with Crippen LogP contribution in [-0.4, -0.2) is 107 Å². The Morgan fingerprint density at radius 3 is 2.34 bits per heavy atom. The van der Waals surface area contributed by atoms with Crippen LogP contribution in [0.4, 0.5) is 46.5 Å². The smallest absolute Gasteiger partial charge is 0.369 e. The van der Waals surface area contributed by atoms with Crippen LogP contribution >= 0.6 is 0 Å². The van der Waals surface area contributed by atoms with Crippen LogP contribution in [0.3, 0.4) is 0 Å². The number of amides is 4. The Morgan fingerprint density at radius 2 is 1.67 bits per heavy atom. The molecule has 1 unspecified atom stereocenters. The second-order valence-electron chi connectivity index (χ2n) is 13.7. The maximum atomic E-state index is 15.3. The normalized spacial score (nSPS) is 17.7. The average Bonchev–Trinajstić information content (AvgIpc) is 3.42. The minimum absolute atomic E-state index is 0.0372. The Kier molecular flexibility index (Phi) is 10.7. The Bertz CT molecular complexity index is 2410. The quantitative estimate of drug-likeness (QED) is 0.147. The first-order valence-electron chi connectivity index (χ1n) is 17.8. The number of anilines is 5. The van der Waals surface area contributed by atoms with Gasteiger partial charge in [0.2, 0.25) is 27.8 Å². The summed E-state index contributed by atoms with van der Waals surface area (Å²) in [6.45, 7) is 2.29. The summed E-state index contributed by atoms with van der Waals surface area (Å²) < 4.78 is 82.0. The Labute approximate surface area is 328 Å². The molecule has 4 aromatic rings. The molecule has 5 heterocycles. The zero-order chi connectivity index (χ0) is 41.5. The van der Waals surface area contributed by atoms with Gasteiger partial charge in [0.05, 0.1) is 23.9 Å². The lowest BCUT2D eigenvalue weighted by atomic mass is 10.0. The van der Waals surface area contributed by atoms with Crippen LogP contribution in [0, 0.1) is 5.82 Å². The molecule has 17 nitrogen and oxygen atoms in total. The summed E-state index contributed by atoms with van der Waals surface area (Å²) in [4.78, 5) is 71.1. The van der Waals surface area contributed by atoms with Gasteiger partial charge in [-0.1, -0.05) is 0 Å². The van der Waals surface area contributed by atoms with Crippen LogP contribution in [0.1, 0.15) is 50.4 Å². The van der Waals surface area contributed by atoms with E-state index in [4.69, 9.17) is 0 Å². The second kappa shape index (κ2) is 15.6. The number of halogens is 4. The SMILES string of the molecule is CN(c1nccnc1CNc1nc(Nc2ccc(N3CCN(Cc4cc(F)c5c(c4)C(=O)N(C4CCC(=O)NC4=O)C5=O)CC3)cc2)ncc1C(F)(F)F)S(C)(=O)=O. The highest BCUT2D eigenvalue weighted by atomic mass is 32.2. The van der Waals surface area contributed by atoms with E-state index in [0.717, 1.165) is 21.1 Å². The van der Waals surface area contributed by atoms with E-state index in [0.29, 0.717) is 50.2 Å². The largest absolute Gasteiger partial charge is 0.421 e. The van der Waals surface area contributed by atoms with Crippen molar-refractivity contribution in [2.24, 2.45) is 0 Å². The second-order valence-corrected chi connectivity index (χ2v) is 15.8. The van der Waals surface area contributed by atoms with Crippen LogP contribution in [-0.2, 0) is 38.9 Å². The number of hydrogen-bond acceptors (Lipinski definition) is 14. The van der Waals surface area contributed by atoms with Crippen LogP contribution in [0.15, 0.2) is 55.0 Å². The predicted molar refractivity (Wildman–Crippen MR) is 200 cm³/mol. The zero-order valence-corrected chi connectivity index (χ0v) is 31.7. The van der Waals surface area contributed by atoms with Crippen LogP contribution < -0.4 is 25.2 Å². The first kappa shape index (κ1) is 39.9. The van der Waals surface area contributed by atoms with Gasteiger partial charge in [0.15, 0.2) is 5.82 Å². The van der Waals surface area contributed by atoms with Gasteiger partial charge in [-0.05, 0) is 48.4 Å². The Hall–Kier alpha value is -6.29. The molecule has 22 heteroatoms. The van der Waals surface area contributed by atoms with E-state index in [1.165, 1.54) is 31.6 Å². The van der Waals surface area contributed by atoms with Crippen molar-refractivity contribution >= 4 is 62.6 Å². The monoisotopic (exact) mass is 825 g/mol. The lowest BCUT2D eigenvalue weighted by molar-refractivity contribution is -0.138. The topological polar surface area (TPSA) is 203 Å². The number of fused-ring (bicyclic) bond motifs is 1. The summed E-state index contributed by atoms with van der Waals surface area (Å²) in [5, 5.41) is 7.62. The molecule has 0 saturated carbocycles. The molecule has 4 amide bonds. The third-order valence-corrected chi connectivity index (χ3v) is 11.1. The van der Waals surface area contributed by atoms with E-state index in [-0.39, 0.29) is 42.4 Å². The lowest BCUT2D eigenvalue weighted by Crippen LogP contribution is -2.54. The molecule has 58 heavy (non-hydrogen) atoms. The van der Waals surface area contributed by atoms with Gasteiger partial charge >= 0.3 is 6.18 Å². The van der Waals surface area contributed by atoms with Gasteiger partial charge in [0.25, 0.3) is 11.8 Å². The Morgan fingerprint density at radius 1 is 0.966 bits per heavy atom. The van der Waals surface area contributed by atoms with Gasteiger partial charge in [-0.2, -0.15) is 18.2 Å². The number of aromatic nitrogens is 4. The van der Waals surface area contributed by atoms with Crippen molar-refractivity contribution in [2.75, 3.05) is 59.3 Å². The van der Waals surface area contributed by atoms with Crippen molar-refractivity contribution in [3.63, 3.8) is 0 Å². The number of piperidine rings is 1. The van der Waals surface area contributed by atoms with Crippen molar-refractivity contribution in [1.82, 2.24) is 35.1 Å². The van der Waals surface area contributed by atoms with E-state index in [2.05, 4.69) is 45.7 Å². The molecule has 0 bridgehead atoms. The first-order valence-corrected chi connectivity index (χ1v) is 19.6. The van der Waals surface area contributed by atoms with Gasteiger partial charge in [-0.25, -0.2) is 22.8 Å². The molecule has 1 atom stereocenters. The minimum Gasteiger partial charge on any atom is -0.369 e. The van der Waals surface area contributed by atoms with Crippen molar-refractivity contribution in [2.45, 2.75) is 38.1 Å². The summed E-state index contributed by atoms with van der Waals surface area (Å²) in [5.74, 6) is -4.60. The number of imide groups is 2. The predicted octanol–water partition coefficient (Wildman–Crippen LogP) is 2.90. The fourth-order valence-electron chi connectivity index (χ4n) is 6.86. The summed E-state index contributed by atoms with van der Waals surface area (Å²) in [6.07, 6.45) is -0.754. The number of benzene rings is 2. The lowest BCUT2D eigenvalue weighted by Gasteiger charge is -2.36.